The van der Waals surface area contributed by atoms with Crippen LogP contribution in [-0.4, -0.2) is 29.9 Å². The summed E-state index contributed by atoms with van der Waals surface area (Å²) in [6.07, 6.45) is 23.4. The Morgan fingerprint density at radius 2 is 1.14 bits per heavy atom. The third-order valence-corrected chi connectivity index (χ3v) is 7.01. The third kappa shape index (κ3) is 15.9. The number of aliphatic carboxylic acids is 1. The highest BCUT2D eigenvalue weighted by Gasteiger charge is 2.38. The summed E-state index contributed by atoms with van der Waals surface area (Å²) in [5, 5.41) is 9.91. The van der Waals surface area contributed by atoms with Crippen molar-refractivity contribution in [2.75, 3.05) is 13.2 Å². The summed E-state index contributed by atoms with van der Waals surface area (Å²) in [6, 6.07) is 9.55. The van der Waals surface area contributed by atoms with Gasteiger partial charge in [-0.2, -0.15) is 0 Å². The number of rotatable bonds is 25. The molecular formula is C31H54O4. The second-order valence-corrected chi connectivity index (χ2v) is 10.1. The van der Waals surface area contributed by atoms with E-state index in [1.807, 2.05) is 37.3 Å². The number of unbranched alkanes of at least 4 members (excludes halogenated alkanes) is 16. The number of para-hydroxylation sites is 1. The Morgan fingerprint density at radius 3 is 1.57 bits per heavy atom. The molecule has 1 aromatic carbocycles. The summed E-state index contributed by atoms with van der Waals surface area (Å²) >= 11 is 0. The molecule has 0 aliphatic rings. The molecule has 1 unspecified atom stereocenters. The Kier molecular flexibility index (Phi) is 19.5. The zero-order chi connectivity index (χ0) is 25.5. The molecule has 0 radical (unpaired) electrons. The molecule has 0 aliphatic carbocycles. The van der Waals surface area contributed by atoms with Gasteiger partial charge in [0, 0.05) is 13.0 Å². The van der Waals surface area contributed by atoms with Gasteiger partial charge in [0.05, 0.1) is 6.61 Å². The van der Waals surface area contributed by atoms with Crippen LogP contribution in [-0.2, 0) is 9.53 Å². The molecule has 0 heterocycles. The average Bonchev–Trinajstić information content (AvgIpc) is 2.86. The second kappa shape index (κ2) is 21.7. The van der Waals surface area contributed by atoms with Crippen molar-refractivity contribution >= 4 is 5.97 Å². The number of hydrogen-bond donors (Lipinski definition) is 1. The van der Waals surface area contributed by atoms with Crippen LogP contribution in [0.25, 0.3) is 0 Å². The summed E-state index contributed by atoms with van der Waals surface area (Å²) in [7, 11) is 0. The van der Waals surface area contributed by atoms with Crippen LogP contribution in [0.4, 0.5) is 0 Å². The Bertz CT molecular complexity index is 603. The van der Waals surface area contributed by atoms with E-state index in [4.69, 9.17) is 9.47 Å². The summed E-state index contributed by atoms with van der Waals surface area (Å²) in [5.41, 5.74) is -1.14. The topological polar surface area (TPSA) is 55.8 Å². The molecule has 0 aromatic heterocycles. The van der Waals surface area contributed by atoms with Crippen LogP contribution in [0, 0.1) is 0 Å². The maximum Gasteiger partial charge on any atom is 0.336 e. The molecule has 4 heteroatoms. The monoisotopic (exact) mass is 490 g/mol. The van der Waals surface area contributed by atoms with Crippen molar-refractivity contribution in [2.45, 2.75) is 141 Å². The summed E-state index contributed by atoms with van der Waals surface area (Å²) < 4.78 is 11.5. The van der Waals surface area contributed by atoms with Crippen molar-refractivity contribution in [1.82, 2.24) is 0 Å². The van der Waals surface area contributed by atoms with Gasteiger partial charge in [-0.05, 0) is 31.9 Å². The fraction of sp³-hybridized carbons (Fsp3) is 0.774. The highest BCUT2D eigenvalue weighted by atomic mass is 16.5. The van der Waals surface area contributed by atoms with E-state index in [0.29, 0.717) is 26.1 Å². The number of hydrogen-bond acceptors (Lipinski definition) is 3. The number of benzene rings is 1. The van der Waals surface area contributed by atoms with Gasteiger partial charge in [0.2, 0.25) is 0 Å². The fourth-order valence-electron chi connectivity index (χ4n) is 4.81. The minimum absolute atomic E-state index is 0.343. The van der Waals surface area contributed by atoms with Crippen molar-refractivity contribution in [3.63, 3.8) is 0 Å². The number of carboxylic acids is 1. The zero-order valence-electron chi connectivity index (χ0n) is 22.9. The highest BCUT2D eigenvalue weighted by molar-refractivity contribution is 5.77. The molecule has 0 aliphatic heterocycles. The molecule has 35 heavy (non-hydrogen) atoms. The van der Waals surface area contributed by atoms with Crippen molar-refractivity contribution in [3.05, 3.63) is 30.3 Å². The van der Waals surface area contributed by atoms with E-state index in [2.05, 4.69) is 6.92 Å². The molecule has 1 aromatic rings. The Balaban J connectivity index is 2.06. The minimum Gasteiger partial charge on any atom is -0.493 e. The molecule has 0 amide bonds. The van der Waals surface area contributed by atoms with E-state index in [-0.39, 0.29) is 0 Å². The number of ether oxygens (including phenoxy) is 2. The Hall–Kier alpha value is -1.55. The molecule has 0 spiro atoms. The van der Waals surface area contributed by atoms with Crippen LogP contribution in [0.15, 0.2) is 30.3 Å². The summed E-state index contributed by atoms with van der Waals surface area (Å²) in [5.74, 6) is -0.103. The lowest BCUT2D eigenvalue weighted by atomic mass is 9.92. The van der Waals surface area contributed by atoms with Gasteiger partial charge in [0.25, 0.3) is 0 Å². The summed E-state index contributed by atoms with van der Waals surface area (Å²) in [6.45, 7) is 4.89. The Labute approximate surface area is 216 Å². The number of carbonyl (C=O) groups is 1. The third-order valence-electron chi connectivity index (χ3n) is 7.01. The van der Waals surface area contributed by atoms with Crippen LogP contribution in [0.5, 0.6) is 5.75 Å². The van der Waals surface area contributed by atoms with Gasteiger partial charge in [-0.25, -0.2) is 4.79 Å². The molecule has 0 bridgehead atoms. The van der Waals surface area contributed by atoms with E-state index >= 15 is 0 Å². The van der Waals surface area contributed by atoms with E-state index in [0.717, 1.165) is 18.6 Å². The standard InChI is InChI=1S/C31H54O4/c1-3-5-6-7-8-9-10-11-12-13-14-15-16-17-18-19-23-26-31(30(32)33,35-4-2)27-28-34-29-24-21-20-22-25-29/h20-22,24-25H,3-19,23,26-28H2,1-2H3,(H,32,33). The lowest BCUT2D eigenvalue weighted by Crippen LogP contribution is -2.43. The van der Waals surface area contributed by atoms with E-state index in [9.17, 15) is 9.90 Å². The van der Waals surface area contributed by atoms with Crippen LogP contribution < -0.4 is 4.74 Å². The molecule has 1 N–H and O–H groups in total. The van der Waals surface area contributed by atoms with Gasteiger partial charge in [-0.3, -0.25) is 0 Å². The molecule has 1 atom stereocenters. The predicted molar refractivity (Wildman–Crippen MR) is 147 cm³/mol. The van der Waals surface area contributed by atoms with E-state index in [1.54, 1.807) is 0 Å². The van der Waals surface area contributed by atoms with Gasteiger partial charge >= 0.3 is 5.97 Å². The van der Waals surface area contributed by atoms with Gasteiger partial charge < -0.3 is 14.6 Å². The first-order valence-electron chi connectivity index (χ1n) is 14.7. The molecular weight excluding hydrogens is 436 g/mol. The van der Waals surface area contributed by atoms with E-state index in [1.165, 1.54) is 96.3 Å². The van der Waals surface area contributed by atoms with Crippen LogP contribution in [0.1, 0.15) is 136 Å². The minimum atomic E-state index is -1.14. The first kappa shape index (κ1) is 31.5. The highest BCUT2D eigenvalue weighted by Crippen LogP contribution is 2.26. The van der Waals surface area contributed by atoms with Crippen molar-refractivity contribution in [3.8, 4) is 5.75 Å². The quantitative estimate of drug-likeness (QED) is 0.139. The zero-order valence-corrected chi connectivity index (χ0v) is 22.9. The van der Waals surface area contributed by atoms with E-state index < -0.39 is 11.6 Å². The van der Waals surface area contributed by atoms with Crippen LogP contribution in [0.3, 0.4) is 0 Å². The van der Waals surface area contributed by atoms with Gasteiger partial charge in [-0.15, -0.1) is 0 Å². The molecule has 202 valence electrons. The maximum atomic E-state index is 12.1. The van der Waals surface area contributed by atoms with Crippen molar-refractivity contribution in [2.24, 2.45) is 0 Å². The molecule has 0 saturated carbocycles. The lowest BCUT2D eigenvalue weighted by molar-refractivity contribution is -0.168. The fourth-order valence-corrected chi connectivity index (χ4v) is 4.81. The SMILES string of the molecule is CCCCCCCCCCCCCCCCCCCC(CCOc1ccccc1)(OCC)C(=O)O. The van der Waals surface area contributed by atoms with Crippen molar-refractivity contribution < 1.29 is 19.4 Å². The normalized spacial score (nSPS) is 13.0. The van der Waals surface area contributed by atoms with Crippen molar-refractivity contribution in [1.29, 1.82) is 0 Å². The second-order valence-electron chi connectivity index (χ2n) is 10.1. The summed E-state index contributed by atoms with van der Waals surface area (Å²) in [4.78, 5) is 12.1. The smallest absolute Gasteiger partial charge is 0.336 e. The van der Waals surface area contributed by atoms with Gasteiger partial charge in [-0.1, -0.05) is 128 Å². The largest absolute Gasteiger partial charge is 0.493 e. The van der Waals surface area contributed by atoms with Gasteiger partial charge in [0.1, 0.15) is 5.75 Å². The number of carboxylic acid groups (broad SMARTS) is 1. The predicted octanol–water partition coefficient (Wildman–Crippen LogP) is 9.36. The lowest BCUT2D eigenvalue weighted by Gasteiger charge is -2.29. The molecule has 4 nitrogen and oxygen atoms in total. The maximum absolute atomic E-state index is 12.1. The molecule has 1 rings (SSSR count). The van der Waals surface area contributed by atoms with Gasteiger partial charge in [0.15, 0.2) is 5.60 Å². The first-order valence-corrected chi connectivity index (χ1v) is 14.7. The molecule has 0 saturated heterocycles. The van der Waals surface area contributed by atoms with Crippen LogP contribution >= 0.6 is 0 Å². The molecule has 0 fully saturated rings. The Morgan fingerprint density at radius 1 is 0.686 bits per heavy atom. The van der Waals surface area contributed by atoms with Crippen LogP contribution in [0.2, 0.25) is 0 Å². The first-order chi connectivity index (χ1) is 17.1. The average molecular weight is 491 g/mol.